The highest BCUT2D eigenvalue weighted by atomic mass is 32.1. The molecule has 0 bridgehead atoms. The van der Waals surface area contributed by atoms with Crippen LogP contribution in [0.2, 0.25) is 0 Å². The third-order valence-electron chi connectivity index (χ3n) is 2.83. The van der Waals surface area contributed by atoms with Crippen molar-refractivity contribution < 1.29 is 9.18 Å². The number of halogens is 1. The Bertz CT molecular complexity index is 609. The number of rotatable bonds is 3. The SMILES string of the molecule is Cc1nc(CN(C)C(=O)c2cccc(C)c2F)cs1. The lowest BCUT2D eigenvalue weighted by molar-refractivity contribution is 0.0778. The summed E-state index contributed by atoms with van der Waals surface area (Å²) in [4.78, 5) is 18.0. The van der Waals surface area contributed by atoms with Gasteiger partial charge in [0, 0.05) is 12.4 Å². The molecule has 0 aliphatic heterocycles. The molecular weight excluding hydrogens is 263 g/mol. The molecule has 1 heterocycles. The number of hydrogen-bond acceptors (Lipinski definition) is 3. The predicted molar refractivity (Wildman–Crippen MR) is 73.8 cm³/mol. The van der Waals surface area contributed by atoms with Crippen LogP contribution >= 0.6 is 11.3 Å². The first-order valence-electron chi connectivity index (χ1n) is 5.90. The maximum atomic E-state index is 13.9. The van der Waals surface area contributed by atoms with Gasteiger partial charge in [-0.15, -0.1) is 11.3 Å². The maximum Gasteiger partial charge on any atom is 0.256 e. The summed E-state index contributed by atoms with van der Waals surface area (Å²) in [6.07, 6.45) is 0. The highest BCUT2D eigenvalue weighted by Crippen LogP contribution is 2.16. The quantitative estimate of drug-likeness (QED) is 0.864. The van der Waals surface area contributed by atoms with Crippen molar-refractivity contribution in [1.82, 2.24) is 9.88 Å². The molecule has 0 N–H and O–H groups in total. The van der Waals surface area contributed by atoms with Gasteiger partial charge in [-0.1, -0.05) is 12.1 Å². The summed E-state index contributed by atoms with van der Waals surface area (Å²) in [5.74, 6) is -0.777. The first-order valence-corrected chi connectivity index (χ1v) is 6.78. The van der Waals surface area contributed by atoms with Crippen LogP contribution in [0.3, 0.4) is 0 Å². The molecule has 0 aliphatic rings. The van der Waals surface area contributed by atoms with Crippen molar-refractivity contribution in [2.24, 2.45) is 0 Å². The van der Waals surface area contributed by atoms with Crippen LogP contribution < -0.4 is 0 Å². The van der Waals surface area contributed by atoms with Crippen molar-refractivity contribution in [3.63, 3.8) is 0 Å². The van der Waals surface area contributed by atoms with Gasteiger partial charge in [-0.25, -0.2) is 9.37 Å². The van der Waals surface area contributed by atoms with Gasteiger partial charge in [0.25, 0.3) is 5.91 Å². The molecule has 1 aromatic heterocycles. The summed E-state index contributed by atoms with van der Waals surface area (Å²) in [7, 11) is 1.65. The normalized spacial score (nSPS) is 10.5. The monoisotopic (exact) mass is 278 g/mol. The van der Waals surface area contributed by atoms with Crippen LogP contribution in [-0.2, 0) is 6.54 Å². The second-order valence-corrected chi connectivity index (χ2v) is 5.52. The van der Waals surface area contributed by atoms with Crippen molar-refractivity contribution in [2.45, 2.75) is 20.4 Å². The fourth-order valence-corrected chi connectivity index (χ4v) is 2.42. The van der Waals surface area contributed by atoms with E-state index in [-0.39, 0.29) is 11.5 Å². The Morgan fingerprint density at radius 2 is 2.16 bits per heavy atom. The Morgan fingerprint density at radius 1 is 1.42 bits per heavy atom. The average molecular weight is 278 g/mol. The van der Waals surface area contributed by atoms with Crippen molar-refractivity contribution >= 4 is 17.2 Å². The molecule has 19 heavy (non-hydrogen) atoms. The Balaban J connectivity index is 2.17. The fraction of sp³-hybridized carbons (Fsp3) is 0.286. The van der Waals surface area contributed by atoms with E-state index in [1.165, 1.54) is 22.3 Å². The molecule has 2 aromatic rings. The minimum absolute atomic E-state index is 0.106. The van der Waals surface area contributed by atoms with Crippen molar-refractivity contribution in [3.05, 3.63) is 51.2 Å². The smallest absolute Gasteiger partial charge is 0.256 e. The van der Waals surface area contributed by atoms with E-state index in [4.69, 9.17) is 0 Å². The van der Waals surface area contributed by atoms with E-state index < -0.39 is 5.82 Å². The lowest BCUT2D eigenvalue weighted by Gasteiger charge is -2.16. The van der Waals surface area contributed by atoms with Crippen LogP contribution in [0.5, 0.6) is 0 Å². The van der Waals surface area contributed by atoms with Crippen LogP contribution in [0.1, 0.15) is 26.6 Å². The number of benzene rings is 1. The molecule has 100 valence electrons. The molecular formula is C14H15FN2OS. The van der Waals surface area contributed by atoms with Crippen molar-refractivity contribution in [1.29, 1.82) is 0 Å². The van der Waals surface area contributed by atoms with Gasteiger partial charge in [-0.2, -0.15) is 0 Å². The number of nitrogens with zero attached hydrogens (tertiary/aromatic N) is 2. The van der Waals surface area contributed by atoms with Gasteiger partial charge in [-0.3, -0.25) is 4.79 Å². The van der Waals surface area contributed by atoms with Gasteiger partial charge in [0.15, 0.2) is 0 Å². The molecule has 0 saturated carbocycles. The van der Waals surface area contributed by atoms with E-state index in [1.54, 1.807) is 26.1 Å². The zero-order valence-corrected chi connectivity index (χ0v) is 11.9. The van der Waals surface area contributed by atoms with E-state index in [9.17, 15) is 9.18 Å². The average Bonchev–Trinajstić information content (AvgIpc) is 2.77. The molecule has 0 aliphatic carbocycles. The molecule has 5 heteroatoms. The Labute approximate surface area is 115 Å². The van der Waals surface area contributed by atoms with Crippen LogP contribution in [-0.4, -0.2) is 22.8 Å². The lowest BCUT2D eigenvalue weighted by Crippen LogP contribution is -2.27. The second-order valence-electron chi connectivity index (χ2n) is 4.46. The number of thiazole rings is 1. The van der Waals surface area contributed by atoms with E-state index in [0.717, 1.165) is 10.7 Å². The lowest BCUT2D eigenvalue weighted by atomic mass is 10.1. The third kappa shape index (κ3) is 2.98. The molecule has 0 saturated heterocycles. The summed E-state index contributed by atoms with van der Waals surface area (Å²) in [5.41, 5.74) is 1.41. The first-order chi connectivity index (χ1) is 8.99. The topological polar surface area (TPSA) is 33.2 Å². The largest absolute Gasteiger partial charge is 0.336 e. The summed E-state index contributed by atoms with van der Waals surface area (Å²) in [6.45, 7) is 3.95. The zero-order valence-electron chi connectivity index (χ0n) is 11.1. The summed E-state index contributed by atoms with van der Waals surface area (Å²) < 4.78 is 13.9. The molecule has 2 rings (SSSR count). The third-order valence-corrected chi connectivity index (χ3v) is 3.66. The molecule has 3 nitrogen and oxygen atoms in total. The predicted octanol–water partition coefficient (Wildman–Crippen LogP) is 3.17. The van der Waals surface area contributed by atoms with E-state index in [2.05, 4.69) is 4.98 Å². The van der Waals surface area contributed by atoms with Crippen LogP contribution in [0.25, 0.3) is 0 Å². The minimum Gasteiger partial charge on any atom is -0.336 e. The molecule has 1 aromatic carbocycles. The number of hydrogen-bond donors (Lipinski definition) is 0. The van der Waals surface area contributed by atoms with Gasteiger partial charge in [0.1, 0.15) is 5.82 Å². The summed E-state index contributed by atoms with van der Waals surface area (Å²) in [6, 6.07) is 4.84. The highest BCUT2D eigenvalue weighted by molar-refractivity contribution is 7.09. The number of amides is 1. The van der Waals surface area contributed by atoms with Gasteiger partial charge >= 0.3 is 0 Å². The standard InChI is InChI=1S/C14H15FN2OS/c1-9-5-4-6-12(13(9)15)14(18)17(3)7-11-8-19-10(2)16-11/h4-6,8H,7H2,1-3H3. The zero-order chi connectivity index (χ0) is 14.0. The van der Waals surface area contributed by atoms with Crippen LogP contribution in [0, 0.1) is 19.7 Å². The van der Waals surface area contributed by atoms with Gasteiger partial charge in [0.05, 0.1) is 22.8 Å². The van der Waals surface area contributed by atoms with Crippen LogP contribution in [0.15, 0.2) is 23.6 Å². The Morgan fingerprint density at radius 3 is 2.79 bits per heavy atom. The van der Waals surface area contributed by atoms with E-state index in [0.29, 0.717) is 12.1 Å². The Kier molecular flexibility index (Phi) is 3.95. The molecule has 0 atom stereocenters. The van der Waals surface area contributed by atoms with Gasteiger partial charge in [0.2, 0.25) is 0 Å². The van der Waals surface area contributed by atoms with Crippen molar-refractivity contribution in [3.8, 4) is 0 Å². The first kappa shape index (κ1) is 13.7. The molecule has 0 spiro atoms. The van der Waals surface area contributed by atoms with Gasteiger partial charge in [-0.05, 0) is 25.5 Å². The van der Waals surface area contributed by atoms with E-state index in [1.807, 2.05) is 12.3 Å². The molecule has 0 radical (unpaired) electrons. The van der Waals surface area contributed by atoms with Crippen LogP contribution in [0.4, 0.5) is 4.39 Å². The summed E-state index contributed by atoms with van der Waals surface area (Å²) >= 11 is 1.54. The number of aromatic nitrogens is 1. The number of carbonyl (C=O) groups excluding carboxylic acids is 1. The maximum absolute atomic E-state index is 13.9. The Hall–Kier alpha value is -1.75. The molecule has 0 fully saturated rings. The minimum atomic E-state index is -0.450. The second kappa shape index (κ2) is 5.48. The molecule has 0 unspecified atom stereocenters. The summed E-state index contributed by atoms with van der Waals surface area (Å²) in [5, 5.41) is 2.86. The number of carbonyl (C=O) groups is 1. The van der Waals surface area contributed by atoms with Crippen molar-refractivity contribution in [2.75, 3.05) is 7.05 Å². The molecule has 1 amide bonds. The number of aryl methyl sites for hydroxylation is 2. The van der Waals surface area contributed by atoms with E-state index >= 15 is 0 Å². The highest BCUT2D eigenvalue weighted by Gasteiger charge is 2.17. The fourth-order valence-electron chi connectivity index (χ4n) is 1.81. The van der Waals surface area contributed by atoms with Gasteiger partial charge < -0.3 is 4.90 Å².